The van der Waals surface area contributed by atoms with E-state index in [-0.39, 0.29) is 35.8 Å². The van der Waals surface area contributed by atoms with Crippen LogP contribution in [0.25, 0.3) is 10.9 Å². The molecular weight excluding hydrogens is 492 g/mol. The van der Waals surface area contributed by atoms with E-state index in [4.69, 9.17) is 4.74 Å². The van der Waals surface area contributed by atoms with Crippen molar-refractivity contribution in [2.45, 2.75) is 64.4 Å². The maximum Gasteiger partial charge on any atom is 0.235 e. The second-order valence-corrected chi connectivity index (χ2v) is 12.1. The zero-order valence-corrected chi connectivity index (χ0v) is 22.8. The first-order valence-corrected chi connectivity index (χ1v) is 13.9. The van der Waals surface area contributed by atoms with Crippen LogP contribution in [0.15, 0.2) is 66.4 Å². The van der Waals surface area contributed by atoms with E-state index in [9.17, 15) is 19.5 Å². The van der Waals surface area contributed by atoms with Crippen LogP contribution in [0.2, 0.25) is 0 Å². The molecule has 3 N–H and O–H groups in total. The maximum atomic E-state index is 14.2. The number of hydrogen-bond acceptors (Lipinski definition) is 5. The molecule has 2 aliphatic carbocycles. The molecule has 7 nitrogen and oxygen atoms in total. The highest BCUT2D eigenvalue weighted by molar-refractivity contribution is 6.15. The molecule has 3 heterocycles. The van der Waals surface area contributed by atoms with Crippen LogP contribution < -0.4 is 5.32 Å². The van der Waals surface area contributed by atoms with Gasteiger partial charge in [0.2, 0.25) is 5.91 Å². The summed E-state index contributed by atoms with van der Waals surface area (Å²) < 4.78 is 6.33. The highest BCUT2D eigenvalue weighted by Crippen LogP contribution is 2.66. The molecule has 39 heavy (non-hydrogen) atoms. The smallest absolute Gasteiger partial charge is 0.235 e. The Hall–Kier alpha value is -3.29. The number of rotatable bonds is 2. The predicted molar refractivity (Wildman–Crippen MR) is 148 cm³/mol. The lowest BCUT2D eigenvalue weighted by molar-refractivity contribution is -0.145. The molecule has 1 saturated carbocycles. The van der Waals surface area contributed by atoms with Gasteiger partial charge in [-0.15, -0.1) is 0 Å². The molecule has 6 rings (SSSR count). The first-order valence-electron chi connectivity index (χ1n) is 13.9. The van der Waals surface area contributed by atoms with E-state index in [2.05, 4.69) is 30.2 Å². The number of nitrogens with one attached hydrogen (secondary N) is 2. The van der Waals surface area contributed by atoms with Crippen molar-refractivity contribution in [1.82, 2.24) is 10.3 Å². The summed E-state index contributed by atoms with van der Waals surface area (Å²) in [6.45, 7) is 7.90. The van der Waals surface area contributed by atoms with E-state index in [1.54, 1.807) is 6.92 Å². The van der Waals surface area contributed by atoms with Crippen LogP contribution in [0.3, 0.4) is 0 Å². The van der Waals surface area contributed by atoms with Crippen LogP contribution in [-0.2, 0) is 25.5 Å². The second kappa shape index (κ2) is 9.14. The number of aromatic amines is 1. The number of amides is 1. The molecule has 4 aliphatic rings. The molecule has 1 aromatic carbocycles. The van der Waals surface area contributed by atoms with Gasteiger partial charge in [-0.1, -0.05) is 50.3 Å². The van der Waals surface area contributed by atoms with Gasteiger partial charge in [-0.3, -0.25) is 14.4 Å². The third kappa shape index (κ3) is 3.81. The summed E-state index contributed by atoms with van der Waals surface area (Å²) in [5.74, 6) is -2.11. The lowest BCUT2D eigenvalue weighted by Gasteiger charge is -2.45. The number of ketones is 2. The number of ether oxygens (including phenoxy) is 1. The van der Waals surface area contributed by atoms with Crippen molar-refractivity contribution >= 4 is 28.4 Å². The first-order chi connectivity index (χ1) is 18.6. The zero-order valence-electron chi connectivity index (χ0n) is 22.8. The molecule has 0 bridgehead atoms. The Morgan fingerprint density at radius 1 is 1.13 bits per heavy atom. The van der Waals surface area contributed by atoms with Crippen molar-refractivity contribution in [2.24, 2.45) is 29.1 Å². The van der Waals surface area contributed by atoms with Gasteiger partial charge in [-0.2, -0.15) is 0 Å². The fourth-order valence-corrected chi connectivity index (χ4v) is 7.66. The minimum Gasteiger partial charge on any atom is -0.381 e. The van der Waals surface area contributed by atoms with Gasteiger partial charge in [-0.25, -0.2) is 0 Å². The molecule has 1 aromatic heterocycles. The SMILES string of the molecule is CC1=CC(C)CC=C[C@H]2[C@@H]3O[C@]3(C)[C@@H](C)[C@H]3[C@H](Cc4c[nH]c5ccccc45)NC(=O)[C@]32C(=O)C=CC(=O)[C@@H]1O. The van der Waals surface area contributed by atoms with Gasteiger partial charge in [0.25, 0.3) is 0 Å². The molecule has 204 valence electrons. The lowest BCUT2D eigenvalue weighted by atomic mass is 9.51. The number of carbonyl (C=O) groups is 3. The van der Waals surface area contributed by atoms with Gasteiger partial charge in [0.1, 0.15) is 11.5 Å². The molecule has 2 saturated heterocycles. The highest BCUT2D eigenvalue weighted by atomic mass is 16.6. The van der Waals surface area contributed by atoms with Crippen molar-refractivity contribution in [3.63, 3.8) is 0 Å². The molecule has 1 amide bonds. The summed E-state index contributed by atoms with van der Waals surface area (Å²) in [7, 11) is 0. The summed E-state index contributed by atoms with van der Waals surface area (Å²) in [5.41, 5.74) is 0.805. The third-order valence-electron chi connectivity index (χ3n) is 9.86. The molecule has 7 heteroatoms. The Labute approximate surface area is 228 Å². The fraction of sp³-hybridized carbons (Fsp3) is 0.469. The van der Waals surface area contributed by atoms with Gasteiger partial charge in [0.15, 0.2) is 11.6 Å². The van der Waals surface area contributed by atoms with Gasteiger partial charge >= 0.3 is 0 Å². The molecule has 3 fully saturated rings. The minimum atomic E-state index is -1.41. The Balaban J connectivity index is 1.46. The van der Waals surface area contributed by atoms with E-state index in [1.807, 2.05) is 49.5 Å². The number of H-pyrrole nitrogens is 1. The number of epoxide rings is 1. The first kappa shape index (κ1) is 26.0. The van der Waals surface area contributed by atoms with Crippen molar-refractivity contribution in [3.05, 3.63) is 72.0 Å². The van der Waals surface area contributed by atoms with E-state index < -0.39 is 34.6 Å². The van der Waals surface area contributed by atoms with Crippen LogP contribution in [0.5, 0.6) is 0 Å². The summed E-state index contributed by atoms with van der Waals surface area (Å²) in [6, 6.07) is 7.77. The monoisotopic (exact) mass is 528 g/mol. The number of para-hydroxylation sites is 1. The number of fused-ring (bicyclic) bond motifs is 3. The number of aliphatic hydroxyl groups is 1. The zero-order chi connectivity index (χ0) is 27.7. The quantitative estimate of drug-likeness (QED) is 0.312. The fourth-order valence-electron chi connectivity index (χ4n) is 7.66. The maximum absolute atomic E-state index is 14.2. The van der Waals surface area contributed by atoms with Gasteiger partial charge in [-0.05, 0) is 67.9 Å². The third-order valence-corrected chi connectivity index (χ3v) is 9.86. The molecule has 0 radical (unpaired) electrons. The summed E-state index contributed by atoms with van der Waals surface area (Å²) >= 11 is 0. The standard InChI is InChI=1S/C32H36N2O5/c1-17-8-7-10-22-29-31(4,39-29)19(3)27-24(15-20-16-33-23-11-6-5-9-21(20)23)34-30(38)32(22,27)26(36)13-12-25(35)28(37)18(2)14-17/h5-7,9-14,16-17,19,22,24,27-29,33,37H,8,15H2,1-4H3,(H,34,38)/t17?,19-,22-,24-,27-,28+,29-,31+,32+/m0/s1. The van der Waals surface area contributed by atoms with Crippen molar-refractivity contribution < 1.29 is 24.2 Å². The van der Waals surface area contributed by atoms with Crippen LogP contribution >= 0.6 is 0 Å². The molecule has 9 atom stereocenters. The number of hydrogen-bond donors (Lipinski definition) is 3. The number of carbonyl (C=O) groups excluding carboxylic acids is 3. The average Bonchev–Trinajstić information content (AvgIpc) is 3.31. The van der Waals surface area contributed by atoms with Crippen molar-refractivity contribution in [2.75, 3.05) is 0 Å². The molecule has 2 aliphatic heterocycles. The number of aliphatic hydroxyl groups excluding tert-OH is 1. The Morgan fingerprint density at radius 2 is 1.90 bits per heavy atom. The van der Waals surface area contributed by atoms with Crippen LogP contribution in [0, 0.1) is 29.1 Å². The minimum absolute atomic E-state index is 0.0666. The predicted octanol–water partition coefficient (Wildman–Crippen LogP) is 3.83. The van der Waals surface area contributed by atoms with Crippen molar-refractivity contribution in [1.29, 1.82) is 0 Å². The average molecular weight is 529 g/mol. The largest absolute Gasteiger partial charge is 0.381 e. The number of allylic oxidation sites excluding steroid dienone is 3. The van der Waals surface area contributed by atoms with Crippen molar-refractivity contribution in [3.8, 4) is 0 Å². The Kier molecular flexibility index (Phi) is 6.08. The molecular formula is C32H36N2O5. The second-order valence-electron chi connectivity index (χ2n) is 12.1. The Bertz CT molecular complexity index is 1450. The van der Waals surface area contributed by atoms with Gasteiger partial charge in [0, 0.05) is 35.0 Å². The summed E-state index contributed by atoms with van der Waals surface area (Å²) in [6.07, 6.45) is 9.89. The summed E-state index contributed by atoms with van der Waals surface area (Å²) in [4.78, 5) is 44.5. The number of aromatic nitrogens is 1. The summed E-state index contributed by atoms with van der Waals surface area (Å²) in [5, 5.41) is 14.9. The van der Waals surface area contributed by atoms with E-state index in [0.717, 1.165) is 22.5 Å². The molecule has 1 unspecified atom stereocenters. The topological polar surface area (TPSA) is 112 Å². The van der Waals surface area contributed by atoms with E-state index in [0.29, 0.717) is 18.4 Å². The van der Waals surface area contributed by atoms with Gasteiger partial charge in [0.05, 0.1) is 11.7 Å². The normalized spacial score (nSPS) is 40.1. The van der Waals surface area contributed by atoms with Crippen LogP contribution in [-0.4, -0.2) is 51.4 Å². The molecule has 2 aromatic rings. The van der Waals surface area contributed by atoms with E-state index >= 15 is 0 Å². The van der Waals surface area contributed by atoms with Crippen LogP contribution in [0.4, 0.5) is 0 Å². The highest BCUT2D eigenvalue weighted by Gasteiger charge is 2.78. The number of benzene rings is 1. The van der Waals surface area contributed by atoms with Gasteiger partial charge < -0.3 is 20.1 Å². The van der Waals surface area contributed by atoms with E-state index in [1.165, 1.54) is 6.08 Å². The molecule has 1 spiro atoms. The lowest BCUT2D eigenvalue weighted by Crippen LogP contribution is -2.58. The van der Waals surface area contributed by atoms with Crippen LogP contribution in [0.1, 0.15) is 39.7 Å². The Morgan fingerprint density at radius 3 is 2.69 bits per heavy atom.